The molecule has 20 heavy (non-hydrogen) atoms. The predicted molar refractivity (Wildman–Crippen MR) is 71.5 cm³/mol. The van der Waals surface area contributed by atoms with Gasteiger partial charge in [0.15, 0.2) is 5.82 Å². The van der Waals surface area contributed by atoms with E-state index in [2.05, 4.69) is 15.2 Å². The molecule has 0 saturated heterocycles. The molecule has 7 heteroatoms. The lowest BCUT2D eigenvalue weighted by atomic mass is 10.1. The van der Waals surface area contributed by atoms with Crippen LogP contribution in [0.4, 0.5) is 0 Å². The standard InChI is InChI=1S/C13H19N5O2/c1-4-12-15-11(16-20-12)9-17(3)13(19)10(2)8-18-7-5-6-14-18/h5-7,10H,4,8-9H2,1-3H3/t10-/m0/s1. The number of rotatable bonds is 6. The first-order valence-corrected chi connectivity index (χ1v) is 6.64. The molecule has 0 aliphatic rings. The van der Waals surface area contributed by atoms with E-state index < -0.39 is 0 Å². The highest BCUT2D eigenvalue weighted by Crippen LogP contribution is 2.07. The molecule has 0 fully saturated rings. The molecule has 108 valence electrons. The Hall–Kier alpha value is -2.18. The van der Waals surface area contributed by atoms with Crippen LogP contribution in [0.1, 0.15) is 25.6 Å². The molecule has 1 amide bonds. The summed E-state index contributed by atoms with van der Waals surface area (Å²) >= 11 is 0. The monoisotopic (exact) mass is 277 g/mol. The summed E-state index contributed by atoms with van der Waals surface area (Å²) < 4.78 is 6.78. The van der Waals surface area contributed by atoms with Crippen LogP contribution >= 0.6 is 0 Å². The molecule has 7 nitrogen and oxygen atoms in total. The number of nitrogens with zero attached hydrogens (tertiary/aromatic N) is 5. The van der Waals surface area contributed by atoms with Crippen molar-refractivity contribution in [3.63, 3.8) is 0 Å². The second-order valence-electron chi connectivity index (χ2n) is 4.78. The quantitative estimate of drug-likeness (QED) is 0.791. The Morgan fingerprint density at radius 3 is 2.95 bits per heavy atom. The van der Waals surface area contributed by atoms with E-state index in [1.165, 1.54) is 0 Å². The van der Waals surface area contributed by atoms with Gasteiger partial charge in [0.25, 0.3) is 0 Å². The highest BCUT2D eigenvalue weighted by Gasteiger charge is 2.19. The van der Waals surface area contributed by atoms with Crippen LogP contribution in [0.5, 0.6) is 0 Å². The largest absolute Gasteiger partial charge is 0.339 e. The molecular formula is C13H19N5O2. The third-order valence-electron chi connectivity index (χ3n) is 3.01. The van der Waals surface area contributed by atoms with E-state index in [1.54, 1.807) is 22.8 Å². The molecule has 1 atom stereocenters. The van der Waals surface area contributed by atoms with Crippen LogP contribution in [0.3, 0.4) is 0 Å². The third kappa shape index (κ3) is 3.43. The number of carbonyl (C=O) groups excluding carboxylic acids is 1. The summed E-state index contributed by atoms with van der Waals surface area (Å²) in [6, 6.07) is 1.84. The zero-order chi connectivity index (χ0) is 14.5. The van der Waals surface area contributed by atoms with Crippen LogP contribution in [0.25, 0.3) is 0 Å². The molecule has 2 aromatic rings. The lowest BCUT2D eigenvalue weighted by molar-refractivity contribution is -0.134. The highest BCUT2D eigenvalue weighted by atomic mass is 16.5. The van der Waals surface area contributed by atoms with Gasteiger partial charge in [-0.25, -0.2) is 0 Å². The Morgan fingerprint density at radius 2 is 2.35 bits per heavy atom. The zero-order valence-electron chi connectivity index (χ0n) is 12.0. The molecule has 0 unspecified atom stereocenters. The van der Waals surface area contributed by atoms with E-state index in [1.807, 2.05) is 26.1 Å². The van der Waals surface area contributed by atoms with Crippen molar-refractivity contribution in [1.29, 1.82) is 0 Å². The van der Waals surface area contributed by atoms with Crippen molar-refractivity contribution in [2.45, 2.75) is 33.4 Å². The summed E-state index contributed by atoms with van der Waals surface area (Å²) in [6.07, 6.45) is 4.24. The number of hydrogen-bond acceptors (Lipinski definition) is 5. The predicted octanol–water partition coefficient (Wildman–Crippen LogP) is 1.12. The number of carbonyl (C=O) groups is 1. The topological polar surface area (TPSA) is 77.1 Å². The number of aromatic nitrogens is 4. The fraction of sp³-hybridized carbons (Fsp3) is 0.538. The Morgan fingerprint density at radius 1 is 1.55 bits per heavy atom. The Bertz CT molecular complexity index is 549. The van der Waals surface area contributed by atoms with E-state index in [4.69, 9.17) is 4.52 Å². The maximum Gasteiger partial charge on any atom is 0.227 e. The Kier molecular flexibility index (Phi) is 4.49. The van der Waals surface area contributed by atoms with Gasteiger partial charge in [-0.05, 0) is 6.07 Å². The maximum absolute atomic E-state index is 12.2. The number of amides is 1. The van der Waals surface area contributed by atoms with Crippen molar-refractivity contribution in [1.82, 2.24) is 24.8 Å². The Labute approximate surface area is 117 Å². The van der Waals surface area contributed by atoms with E-state index in [0.29, 0.717) is 31.2 Å². The molecule has 0 saturated carbocycles. The Balaban J connectivity index is 1.90. The minimum Gasteiger partial charge on any atom is -0.339 e. The molecule has 0 bridgehead atoms. The van der Waals surface area contributed by atoms with Gasteiger partial charge in [-0.1, -0.05) is 19.0 Å². The van der Waals surface area contributed by atoms with Gasteiger partial charge in [0.05, 0.1) is 19.0 Å². The molecule has 0 spiro atoms. The average Bonchev–Trinajstić information content (AvgIpc) is 3.09. The van der Waals surface area contributed by atoms with Crippen molar-refractivity contribution < 1.29 is 9.32 Å². The molecule has 2 aromatic heterocycles. The SMILES string of the molecule is CCc1nc(CN(C)C(=O)[C@@H](C)Cn2cccn2)no1. The van der Waals surface area contributed by atoms with Crippen molar-refractivity contribution in [2.24, 2.45) is 5.92 Å². The van der Waals surface area contributed by atoms with Gasteiger partial charge in [0.2, 0.25) is 11.8 Å². The summed E-state index contributed by atoms with van der Waals surface area (Å²) in [5.41, 5.74) is 0. The summed E-state index contributed by atoms with van der Waals surface area (Å²) in [7, 11) is 1.74. The van der Waals surface area contributed by atoms with Gasteiger partial charge >= 0.3 is 0 Å². The molecule has 2 rings (SSSR count). The maximum atomic E-state index is 12.2. The van der Waals surface area contributed by atoms with Crippen molar-refractivity contribution in [3.8, 4) is 0 Å². The molecule has 2 heterocycles. The first-order valence-electron chi connectivity index (χ1n) is 6.64. The molecule has 0 aliphatic carbocycles. The fourth-order valence-electron chi connectivity index (χ4n) is 1.93. The lowest BCUT2D eigenvalue weighted by Gasteiger charge is -2.19. The fourth-order valence-corrected chi connectivity index (χ4v) is 1.93. The van der Waals surface area contributed by atoms with Gasteiger partial charge in [0, 0.05) is 25.9 Å². The molecule has 0 N–H and O–H groups in total. The summed E-state index contributed by atoms with van der Waals surface area (Å²) in [4.78, 5) is 18.1. The van der Waals surface area contributed by atoms with Gasteiger partial charge in [-0.3, -0.25) is 9.48 Å². The second kappa shape index (κ2) is 6.31. The lowest BCUT2D eigenvalue weighted by Crippen LogP contribution is -2.33. The normalized spacial score (nSPS) is 12.3. The second-order valence-corrected chi connectivity index (χ2v) is 4.78. The third-order valence-corrected chi connectivity index (χ3v) is 3.01. The minimum atomic E-state index is -0.155. The highest BCUT2D eigenvalue weighted by molar-refractivity contribution is 5.78. The van der Waals surface area contributed by atoms with Gasteiger partial charge in [0.1, 0.15) is 0 Å². The van der Waals surface area contributed by atoms with Gasteiger partial charge in [-0.15, -0.1) is 0 Å². The smallest absolute Gasteiger partial charge is 0.227 e. The summed E-state index contributed by atoms with van der Waals surface area (Å²) in [5.74, 6) is 0.996. The van der Waals surface area contributed by atoms with Gasteiger partial charge < -0.3 is 9.42 Å². The van der Waals surface area contributed by atoms with Crippen molar-refractivity contribution in [3.05, 3.63) is 30.2 Å². The van der Waals surface area contributed by atoms with Crippen LogP contribution in [0, 0.1) is 5.92 Å². The number of aryl methyl sites for hydroxylation is 1. The van der Waals surface area contributed by atoms with Crippen LogP contribution in [-0.2, 0) is 24.3 Å². The number of hydrogen-bond donors (Lipinski definition) is 0. The van der Waals surface area contributed by atoms with Crippen LogP contribution in [0.2, 0.25) is 0 Å². The summed E-state index contributed by atoms with van der Waals surface area (Å²) in [6.45, 7) is 4.74. The van der Waals surface area contributed by atoms with Crippen LogP contribution < -0.4 is 0 Å². The van der Waals surface area contributed by atoms with Crippen LogP contribution in [0.15, 0.2) is 23.0 Å². The van der Waals surface area contributed by atoms with Crippen molar-refractivity contribution in [2.75, 3.05) is 7.05 Å². The molecule has 0 radical (unpaired) electrons. The minimum absolute atomic E-state index is 0.0309. The van der Waals surface area contributed by atoms with Gasteiger partial charge in [-0.2, -0.15) is 10.1 Å². The van der Waals surface area contributed by atoms with E-state index in [0.717, 1.165) is 0 Å². The average molecular weight is 277 g/mol. The van der Waals surface area contributed by atoms with Crippen LogP contribution in [-0.4, -0.2) is 37.8 Å². The zero-order valence-corrected chi connectivity index (χ0v) is 12.0. The molecule has 0 aliphatic heterocycles. The summed E-state index contributed by atoms with van der Waals surface area (Å²) in [5, 5.41) is 7.95. The molecule has 0 aromatic carbocycles. The van der Waals surface area contributed by atoms with E-state index >= 15 is 0 Å². The van der Waals surface area contributed by atoms with Crippen molar-refractivity contribution >= 4 is 5.91 Å². The van der Waals surface area contributed by atoms with E-state index in [-0.39, 0.29) is 11.8 Å². The first kappa shape index (κ1) is 14.2. The molecular weight excluding hydrogens is 258 g/mol. The first-order chi connectivity index (χ1) is 9.60. The van der Waals surface area contributed by atoms with E-state index in [9.17, 15) is 4.79 Å².